The normalized spacial score (nSPS) is 11.5. The summed E-state index contributed by atoms with van der Waals surface area (Å²) in [7, 11) is -3.94. The van der Waals surface area contributed by atoms with Gasteiger partial charge in [0, 0.05) is 11.1 Å². The molecule has 0 aliphatic rings. The van der Waals surface area contributed by atoms with Gasteiger partial charge in [-0.2, -0.15) is 0 Å². The average molecular weight is 498 g/mol. The summed E-state index contributed by atoms with van der Waals surface area (Å²) in [5, 5.41) is 20.9. The van der Waals surface area contributed by atoms with Crippen LogP contribution in [0.1, 0.15) is 21.5 Å². The molecular weight excluding hydrogens is 474 g/mol. The quantitative estimate of drug-likeness (QED) is 0.183. The molecular formula is C20H24ClN5O6S. The van der Waals surface area contributed by atoms with Gasteiger partial charge >= 0.3 is 0 Å². The molecule has 178 valence electrons. The van der Waals surface area contributed by atoms with Crippen molar-refractivity contribution in [1.29, 1.82) is 5.41 Å². The number of halogens is 1. The summed E-state index contributed by atoms with van der Waals surface area (Å²) in [6, 6.07) is 12.4. The molecule has 0 heterocycles. The van der Waals surface area contributed by atoms with Gasteiger partial charge in [0.1, 0.15) is 11.9 Å². The second kappa shape index (κ2) is 12.6. The zero-order valence-electron chi connectivity index (χ0n) is 17.3. The van der Waals surface area contributed by atoms with Crippen LogP contribution in [0.4, 0.5) is 0 Å². The second-order valence-corrected chi connectivity index (χ2v) is 8.44. The molecule has 7 N–H and O–H groups in total. The first-order chi connectivity index (χ1) is 15.1. The average Bonchev–Trinajstić information content (AvgIpc) is 2.76. The van der Waals surface area contributed by atoms with Gasteiger partial charge in [0.25, 0.3) is 5.91 Å². The smallest absolute Gasteiger partial charge is 0.257 e. The van der Waals surface area contributed by atoms with Gasteiger partial charge in [-0.05, 0) is 17.7 Å². The van der Waals surface area contributed by atoms with E-state index in [0.29, 0.717) is 11.1 Å². The number of sulfonamides is 1. The van der Waals surface area contributed by atoms with Gasteiger partial charge in [-0.3, -0.25) is 25.1 Å². The van der Waals surface area contributed by atoms with E-state index in [9.17, 15) is 27.9 Å². The molecule has 0 aromatic heterocycles. The Bertz CT molecular complexity index is 1090. The van der Waals surface area contributed by atoms with Crippen LogP contribution in [-0.4, -0.2) is 56.3 Å². The number of nitrogens with two attached hydrogens (primary N) is 1. The van der Waals surface area contributed by atoms with Crippen LogP contribution in [0.25, 0.3) is 0 Å². The fraction of sp³-hybridized carbons (Fsp3) is 0.200. The number of imide groups is 1. The van der Waals surface area contributed by atoms with E-state index in [1.54, 1.807) is 30.3 Å². The van der Waals surface area contributed by atoms with Crippen LogP contribution < -0.4 is 21.1 Å². The summed E-state index contributed by atoms with van der Waals surface area (Å²) >= 11 is 0. The van der Waals surface area contributed by atoms with Gasteiger partial charge < -0.3 is 16.2 Å². The molecule has 0 aliphatic heterocycles. The molecule has 13 heteroatoms. The molecule has 2 aromatic carbocycles. The molecule has 11 nitrogen and oxygen atoms in total. The standard InChI is InChI=1S/C20H23N5O6S.ClH/c21-18(22)14-6-8-15(9-7-14)19(28)24-17(27)10-23-20(29)16(11-26)25-32(30,31)12-13-4-2-1-3-5-13;/h1-9,16,25-26H,10-12H2,(H3,21,22)(H,23,29)(H,24,27,28);1H/t16-;/m1./s1. The summed E-state index contributed by atoms with van der Waals surface area (Å²) < 4.78 is 26.5. The minimum absolute atomic E-state index is 0. The molecule has 0 saturated heterocycles. The summed E-state index contributed by atoms with van der Waals surface area (Å²) in [4.78, 5) is 36.2. The Kier molecular flexibility index (Phi) is 10.6. The highest BCUT2D eigenvalue weighted by Gasteiger charge is 2.24. The number of aliphatic hydroxyl groups excluding tert-OH is 1. The van der Waals surface area contributed by atoms with E-state index in [1.807, 2.05) is 0 Å². The van der Waals surface area contributed by atoms with Gasteiger partial charge in [0.15, 0.2) is 0 Å². The van der Waals surface area contributed by atoms with Crippen molar-refractivity contribution >= 4 is 46.0 Å². The number of nitrogens with one attached hydrogen (secondary N) is 4. The lowest BCUT2D eigenvalue weighted by Crippen LogP contribution is -2.51. The third-order valence-corrected chi connectivity index (χ3v) is 5.51. The predicted octanol–water partition coefficient (Wildman–Crippen LogP) is -0.754. The number of carbonyl (C=O) groups excluding carboxylic acids is 3. The molecule has 2 rings (SSSR count). The fourth-order valence-electron chi connectivity index (χ4n) is 2.56. The Morgan fingerprint density at radius 3 is 2.12 bits per heavy atom. The monoisotopic (exact) mass is 497 g/mol. The van der Waals surface area contributed by atoms with Gasteiger partial charge in [-0.15, -0.1) is 12.4 Å². The van der Waals surface area contributed by atoms with Crippen molar-refractivity contribution in [2.24, 2.45) is 5.73 Å². The number of amides is 3. The minimum Gasteiger partial charge on any atom is -0.394 e. The van der Waals surface area contributed by atoms with Crippen LogP contribution in [0.2, 0.25) is 0 Å². The number of amidine groups is 1. The van der Waals surface area contributed by atoms with E-state index in [4.69, 9.17) is 11.1 Å². The molecule has 1 atom stereocenters. The van der Waals surface area contributed by atoms with Crippen molar-refractivity contribution in [3.05, 3.63) is 71.3 Å². The third kappa shape index (κ3) is 8.98. The largest absolute Gasteiger partial charge is 0.394 e. The van der Waals surface area contributed by atoms with E-state index < -0.39 is 52.7 Å². The SMILES string of the molecule is Cl.N=C(N)c1ccc(C(=O)NC(=O)CNC(=O)[C@@H](CO)NS(=O)(=O)Cc2ccccc2)cc1. The highest BCUT2D eigenvalue weighted by molar-refractivity contribution is 7.88. The number of aliphatic hydroxyl groups is 1. The van der Waals surface area contributed by atoms with Gasteiger partial charge in [-0.25, -0.2) is 13.1 Å². The van der Waals surface area contributed by atoms with Gasteiger partial charge in [-0.1, -0.05) is 42.5 Å². The summed E-state index contributed by atoms with van der Waals surface area (Å²) in [6.45, 7) is -1.45. The summed E-state index contributed by atoms with van der Waals surface area (Å²) in [6.07, 6.45) is 0. The van der Waals surface area contributed by atoms with Crippen LogP contribution in [0.3, 0.4) is 0 Å². The zero-order valence-corrected chi connectivity index (χ0v) is 18.9. The summed E-state index contributed by atoms with van der Waals surface area (Å²) in [5.41, 5.74) is 6.36. The molecule has 0 spiro atoms. The number of benzene rings is 2. The van der Waals surface area contributed by atoms with E-state index in [-0.39, 0.29) is 23.8 Å². The molecule has 0 unspecified atom stereocenters. The third-order valence-electron chi connectivity index (χ3n) is 4.15. The lowest BCUT2D eigenvalue weighted by molar-refractivity contribution is -0.127. The molecule has 0 fully saturated rings. The first-order valence-corrected chi connectivity index (χ1v) is 11.0. The maximum absolute atomic E-state index is 12.2. The maximum atomic E-state index is 12.2. The van der Waals surface area contributed by atoms with Crippen LogP contribution in [0, 0.1) is 5.41 Å². The molecule has 0 radical (unpaired) electrons. The topological polar surface area (TPSA) is 192 Å². The Morgan fingerprint density at radius 2 is 1.58 bits per heavy atom. The molecule has 0 bridgehead atoms. The number of carbonyl (C=O) groups is 3. The van der Waals surface area contributed by atoms with Gasteiger partial charge in [0.2, 0.25) is 21.8 Å². The van der Waals surface area contributed by atoms with E-state index >= 15 is 0 Å². The second-order valence-electron chi connectivity index (χ2n) is 6.68. The van der Waals surface area contributed by atoms with E-state index in [0.717, 1.165) is 0 Å². The first kappa shape index (κ1) is 27.7. The highest BCUT2D eigenvalue weighted by Crippen LogP contribution is 2.05. The summed E-state index contributed by atoms with van der Waals surface area (Å²) in [5.74, 6) is -3.08. The molecule has 2 aromatic rings. The Labute approximate surface area is 196 Å². The molecule has 0 aliphatic carbocycles. The maximum Gasteiger partial charge on any atom is 0.257 e. The number of rotatable bonds is 10. The lowest BCUT2D eigenvalue weighted by Gasteiger charge is -2.16. The van der Waals surface area contributed by atoms with Gasteiger partial charge in [0.05, 0.1) is 18.9 Å². The van der Waals surface area contributed by atoms with Crippen molar-refractivity contribution in [2.45, 2.75) is 11.8 Å². The van der Waals surface area contributed by atoms with Crippen LogP contribution in [-0.2, 0) is 25.4 Å². The Morgan fingerprint density at radius 1 is 1.00 bits per heavy atom. The van der Waals surface area contributed by atoms with Crippen molar-refractivity contribution < 1.29 is 27.9 Å². The number of nitrogen functional groups attached to an aromatic ring is 1. The Hall–Kier alpha value is -3.32. The first-order valence-electron chi connectivity index (χ1n) is 9.32. The number of hydrogen-bond acceptors (Lipinski definition) is 7. The number of hydrogen-bond donors (Lipinski definition) is 6. The van der Waals surface area contributed by atoms with E-state index in [2.05, 4.69) is 15.4 Å². The van der Waals surface area contributed by atoms with Crippen LogP contribution in [0.15, 0.2) is 54.6 Å². The highest BCUT2D eigenvalue weighted by atomic mass is 35.5. The van der Waals surface area contributed by atoms with Crippen molar-refractivity contribution in [1.82, 2.24) is 15.4 Å². The van der Waals surface area contributed by atoms with Crippen LogP contribution in [0.5, 0.6) is 0 Å². The zero-order chi connectivity index (χ0) is 23.7. The fourth-order valence-corrected chi connectivity index (χ4v) is 3.89. The van der Waals surface area contributed by atoms with Crippen LogP contribution >= 0.6 is 12.4 Å². The predicted molar refractivity (Wildman–Crippen MR) is 123 cm³/mol. The Balaban J connectivity index is 0.00000544. The van der Waals surface area contributed by atoms with Crippen molar-refractivity contribution in [2.75, 3.05) is 13.2 Å². The van der Waals surface area contributed by atoms with Crippen molar-refractivity contribution in [3.8, 4) is 0 Å². The van der Waals surface area contributed by atoms with E-state index in [1.165, 1.54) is 24.3 Å². The molecule has 33 heavy (non-hydrogen) atoms. The lowest BCUT2D eigenvalue weighted by atomic mass is 10.1. The molecule has 3 amide bonds. The van der Waals surface area contributed by atoms with Crippen molar-refractivity contribution in [3.63, 3.8) is 0 Å². The molecule has 0 saturated carbocycles. The minimum atomic E-state index is -3.94.